The summed E-state index contributed by atoms with van der Waals surface area (Å²) in [6.45, 7) is 8.87. The minimum atomic E-state index is -0.295. The number of pyridine rings is 2. The second-order valence-corrected chi connectivity index (χ2v) is 9.78. The van der Waals surface area contributed by atoms with Gasteiger partial charge in [0.05, 0.1) is 6.20 Å². The summed E-state index contributed by atoms with van der Waals surface area (Å²) in [5.74, 6) is 2.07. The SMILES string of the molecule is CC(c1ccnc(N)c1)N1CCC(Oc2ccc(CN3CCN(c4ccc(F)cn4)CC3)cc2)CC1. The number of piperidine rings is 1. The molecule has 0 bridgehead atoms. The van der Waals surface area contributed by atoms with Crippen molar-refractivity contribution >= 4 is 11.6 Å². The maximum atomic E-state index is 13.1. The lowest BCUT2D eigenvalue weighted by molar-refractivity contribution is 0.0797. The lowest BCUT2D eigenvalue weighted by Gasteiger charge is -2.36. The highest BCUT2D eigenvalue weighted by Gasteiger charge is 2.25. The number of ether oxygens (including phenoxy) is 1. The van der Waals surface area contributed by atoms with Crippen molar-refractivity contribution in [2.24, 2.45) is 0 Å². The summed E-state index contributed by atoms with van der Waals surface area (Å²) in [5.41, 5.74) is 8.36. The second kappa shape index (κ2) is 11.2. The summed E-state index contributed by atoms with van der Waals surface area (Å²) in [7, 11) is 0. The van der Waals surface area contributed by atoms with Gasteiger partial charge in [-0.2, -0.15) is 0 Å². The smallest absolute Gasteiger partial charge is 0.141 e. The standard InChI is InChI=1S/C28H35FN6O/c1-21(23-8-11-31-27(30)18-23)34-12-9-26(10-13-34)36-25-5-2-22(3-6-25)20-33-14-16-35(17-15-33)28-7-4-24(29)19-32-28/h2-8,11,18-19,21,26H,9-10,12-17,20H2,1H3,(H2,30,31). The van der Waals surface area contributed by atoms with Crippen molar-refractivity contribution in [2.75, 3.05) is 49.9 Å². The van der Waals surface area contributed by atoms with E-state index in [0.29, 0.717) is 11.9 Å². The molecule has 36 heavy (non-hydrogen) atoms. The van der Waals surface area contributed by atoms with Crippen LogP contribution < -0.4 is 15.4 Å². The Morgan fingerprint density at radius 1 is 0.972 bits per heavy atom. The van der Waals surface area contributed by atoms with Crippen LogP contribution in [0, 0.1) is 5.82 Å². The number of benzene rings is 1. The summed E-state index contributed by atoms with van der Waals surface area (Å²) in [5, 5.41) is 0. The van der Waals surface area contributed by atoms with Crippen molar-refractivity contribution in [3.05, 3.63) is 77.9 Å². The van der Waals surface area contributed by atoms with E-state index >= 15 is 0 Å². The van der Waals surface area contributed by atoms with Crippen LogP contribution in [0.25, 0.3) is 0 Å². The van der Waals surface area contributed by atoms with Gasteiger partial charge >= 0.3 is 0 Å². The highest BCUT2D eigenvalue weighted by molar-refractivity contribution is 5.38. The first-order valence-corrected chi connectivity index (χ1v) is 12.8. The Hall–Kier alpha value is -3.23. The number of hydrogen-bond donors (Lipinski definition) is 1. The molecule has 0 aliphatic carbocycles. The number of aromatic nitrogens is 2. The van der Waals surface area contributed by atoms with Crippen LogP contribution in [0.3, 0.4) is 0 Å². The van der Waals surface area contributed by atoms with Crippen molar-refractivity contribution in [1.82, 2.24) is 19.8 Å². The molecule has 2 aliphatic heterocycles. The van der Waals surface area contributed by atoms with Crippen molar-refractivity contribution in [2.45, 2.75) is 38.5 Å². The minimum Gasteiger partial charge on any atom is -0.490 e. The van der Waals surface area contributed by atoms with E-state index < -0.39 is 0 Å². The van der Waals surface area contributed by atoms with Gasteiger partial charge in [0.25, 0.3) is 0 Å². The van der Waals surface area contributed by atoms with Gasteiger partial charge in [0, 0.05) is 58.1 Å². The van der Waals surface area contributed by atoms with Gasteiger partial charge in [-0.25, -0.2) is 14.4 Å². The molecule has 1 atom stereocenters. The number of rotatable bonds is 7. The summed E-state index contributed by atoms with van der Waals surface area (Å²) >= 11 is 0. The third-order valence-corrected chi connectivity index (χ3v) is 7.35. The predicted molar refractivity (Wildman–Crippen MR) is 140 cm³/mol. The number of likely N-dealkylation sites (tertiary alicyclic amines) is 1. The van der Waals surface area contributed by atoms with Crippen molar-refractivity contribution in [3.63, 3.8) is 0 Å². The quantitative estimate of drug-likeness (QED) is 0.534. The summed E-state index contributed by atoms with van der Waals surface area (Å²) < 4.78 is 19.4. The molecule has 190 valence electrons. The molecular weight excluding hydrogens is 455 g/mol. The van der Waals surface area contributed by atoms with E-state index in [1.165, 1.54) is 23.4 Å². The average Bonchev–Trinajstić information content (AvgIpc) is 2.91. The average molecular weight is 491 g/mol. The molecule has 2 aromatic heterocycles. The van der Waals surface area contributed by atoms with Crippen molar-refractivity contribution in [1.29, 1.82) is 0 Å². The van der Waals surface area contributed by atoms with Gasteiger partial charge < -0.3 is 15.4 Å². The summed E-state index contributed by atoms with van der Waals surface area (Å²) in [6, 6.07) is 16.1. The number of anilines is 2. The molecule has 0 amide bonds. The van der Waals surface area contributed by atoms with E-state index in [0.717, 1.165) is 70.2 Å². The minimum absolute atomic E-state index is 0.245. The topological polar surface area (TPSA) is 70.8 Å². The molecule has 8 heteroatoms. The van der Waals surface area contributed by atoms with Gasteiger partial charge in [-0.3, -0.25) is 9.80 Å². The highest BCUT2D eigenvalue weighted by atomic mass is 19.1. The zero-order valence-corrected chi connectivity index (χ0v) is 20.9. The Morgan fingerprint density at radius 2 is 1.72 bits per heavy atom. The van der Waals surface area contributed by atoms with Crippen LogP contribution >= 0.6 is 0 Å². The van der Waals surface area contributed by atoms with Gasteiger partial charge in [-0.15, -0.1) is 0 Å². The number of piperazine rings is 1. The molecule has 1 unspecified atom stereocenters. The Labute approximate surface area is 212 Å². The van der Waals surface area contributed by atoms with Crippen molar-refractivity contribution < 1.29 is 9.13 Å². The third kappa shape index (κ3) is 6.12. The molecule has 0 spiro atoms. The number of hydrogen-bond acceptors (Lipinski definition) is 7. The Balaban J connectivity index is 1.06. The highest BCUT2D eigenvalue weighted by Crippen LogP contribution is 2.27. The molecule has 1 aromatic carbocycles. The number of halogens is 1. The van der Waals surface area contributed by atoms with Crippen molar-refractivity contribution in [3.8, 4) is 5.75 Å². The van der Waals surface area contributed by atoms with Gasteiger partial charge in [0.15, 0.2) is 0 Å². The van der Waals surface area contributed by atoms with Crippen LogP contribution in [-0.4, -0.2) is 65.1 Å². The van der Waals surface area contributed by atoms with Gasteiger partial charge in [-0.1, -0.05) is 12.1 Å². The fraction of sp³-hybridized carbons (Fsp3) is 0.429. The Bertz CT molecular complexity index is 1110. The van der Waals surface area contributed by atoms with E-state index in [4.69, 9.17) is 10.5 Å². The van der Waals surface area contributed by atoms with Crippen LogP contribution in [0.15, 0.2) is 60.9 Å². The van der Waals surface area contributed by atoms with Crippen LogP contribution in [0.2, 0.25) is 0 Å². The molecular formula is C28H35FN6O. The molecule has 7 nitrogen and oxygen atoms in total. The maximum Gasteiger partial charge on any atom is 0.141 e. The predicted octanol–water partition coefficient (Wildman–Crippen LogP) is 4.12. The van der Waals surface area contributed by atoms with Gasteiger partial charge in [0.1, 0.15) is 29.3 Å². The van der Waals surface area contributed by atoms with Crippen LogP contribution in [-0.2, 0) is 6.54 Å². The van der Waals surface area contributed by atoms with Crippen LogP contribution in [0.4, 0.5) is 16.0 Å². The molecule has 2 aliphatic rings. The van der Waals surface area contributed by atoms with E-state index in [-0.39, 0.29) is 11.9 Å². The van der Waals surface area contributed by atoms with E-state index in [9.17, 15) is 4.39 Å². The lowest BCUT2D eigenvalue weighted by Crippen LogP contribution is -2.46. The Morgan fingerprint density at radius 3 is 2.39 bits per heavy atom. The molecule has 0 radical (unpaired) electrons. The second-order valence-electron chi connectivity index (χ2n) is 9.78. The third-order valence-electron chi connectivity index (χ3n) is 7.35. The van der Waals surface area contributed by atoms with E-state index in [1.54, 1.807) is 12.3 Å². The lowest BCUT2D eigenvalue weighted by atomic mass is 10.0. The Kier molecular flexibility index (Phi) is 7.63. The van der Waals surface area contributed by atoms with Gasteiger partial charge in [0.2, 0.25) is 0 Å². The zero-order chi connectivity index (χ0) is 24.9. The molecule has 4 heterocycles. The molecule has 5 rings (SSSR count). The normalized spacial score (nSPS) is 18.8. The molecule has 2 saturated heterocycles. The fourth-order valence-corrected chi connectivity index (χ4v) is 5.13. The molecule has 2 fully saturated rings. The summed E-state index contributed by atoms with van der Waals surface area (Å²) in [6.07, 6.45) is 5.34. The van der Waals surface area contributed by atoms with Crippen LogP contribution in [0.1, 0.15) is 36.9 Å². The van der Waals surface area contributed by atoms with Gasteiger partial charge in [-0.05, 0) is 67.3 Å². The first-order chi connectivity index (χ1) is 17.5. The monoisotopic (exact) mass is 490 g/mol. The van der Waals surface area contributed by atoms with E-state index in [1.807, 2.05) is 12.1 Å². The van der Waals surface area contributed by atoms with E-state index in [2.05, 4.69) is 55.9 Å². The number of nitrogen functional groups attached to an aromatic ring is 1. The zero-order valence-electron chi connectivity index (χ0n) is 20.9. The first-order valence-electron chi connectivity index (χ1n) is 12.8. The summed E-state index contributed by atoms with van der Waals surface area (Å²) in [4.78, 5) is 15.5. The number of nitrogens with zero attached hydrogens (tertiary/aromatic N) is 5. The first kappa shape index (κ1) is 24.5. The molecule has 3 aromatic rings. The molecule has 2 N–H and O–H groups in total. The number of nitrogens with two attached hydrogens (primary N) is 1. The maximum absolute atomic E-state index is 13.1. The fourth-order valence-electron chi connectivity index (χ4n) is 5.13. The van der Waals surface area contributed by atoms with Crippen LogP contribution in [0.5, 0.6) is 5.75 Å². The molecule has 0 saturated carbocycles. The largest absolute Gasteiger partial charge is 0.490 e.